The number of hydrogen-bond donors (Lipinski definition) is 2. The molecular weight excluding hydrogens is 174 g/mol. The first kappa shape index (κ1) is 10.4. The summed E-state index contributed by atoms with van der Waals surface area (Å²) in [5.74, 6) is 0. The van der Waals surface area contributed by atoms with Crippen molar-refractivity contribution in [2.75, 3.05) is 32.7 Å². The fourth-order valence-corrected chi connectivity index (χ4v) is 2.91. The van der Waals surface area contributed by atoms with Crippen LogP contribution in [0.3, 0.4) is 0 Å². The Morgan fingerprint density at radius 2 is 1.71 bits per heavy atom. The van der Waals surface area contributed by atoms with E-state index in [1.807, 2.05) is 0 Å². The lowest BCUT2D eigenvalue weighted by molar-refractivity contribution is 0.0459. The van der Waals surface area contributed by atoms with Gasteiger partial charge in [0.2, 0.25) is 0 Å². The lowest BCUT2D eigenvalue weighted by atomic mass is 9.85. The first-order valence-corrected chi connectivity index (χ1v) is 6.03. The molecule has 0 bridgehead atoms. The van der Waals surface area contributed by atoms with Gasteiger partial charge in [-0.15, -0.1) is 0 Å². The Balaban J connectivity index is 2.01. The van der Waals surface area contributed by atoms with Crippen molar-refractivity contribution in [3.05, 3.63) is 0 Å². The largest absolute Gasteiger partial charge is 0.329 e. The van der Waals surface area contributed by atoms with Gasteiger partial charge in [0.05, 0.1) is 0 Å². The predicted molar refractivity (Wildman–Crippen MR) is 59.3 cm³/mol. The van der Waals surface area contributed by atoms with Crippen LogP contribution in [0.15, 0.2) is 0 Å². The minimum atomic E-state index is 0.339. The van der Waals surface area contributed by atoms with Crippen LogP contribution in [0.25, 0.3) is 0 Å². The molecule has 3 heteroatoms. The third-order valence-electron chi connectivity index (χ3n) is 3.94. The SMILES string of the molecule is NCC1(N2CCCCC2)CCNCC1. The normalized spacial score (nSPS) is 28.9. The fourth-order valence-electron chi connectivity index (χ4n) is 2.91. The van der Waals surface area contributed by atoms with Crippen LogP contribution >= 0.6 is 0 Å². The lowest BCUT2D eigenvalue weighted by Gasteiger charge is -2.47. The molecule has 0 amide bonds. The molecule has 0 aromatic rings. The highest BCUT2D eigenvalue weighted by Crippen LogP contribution is 2.28. The molecule has 14 heavy (non-hydrogen) atoms. The summed E-state index contributed by atoms with van der Waals surface area (Å²) in [4.78, 5) is 2.66. The molecule has 2 saturated heterocycles. The van der Waals surface area contributed by atoms with Crippen LogP contribution in [0.1, 0.15) is 32.1 Å². The Labute approximate surface area is 87.0 Å². The van der Waals surface area contributed by atoms with Crippen molar-refractivity contribution in [2.45, 2.75) is 37.6 Å². The highest BCUT2D eigenvalue weighted by atomic mass is 15.2. The molecule has 0 aromatic heterocycles. The van der Waals surface area contributed by atoms with Crippen molar-refractivity contribution in [3.8, 4) is 0 Å². The molecule has 2 aliphatic heterocycles. The number of likely N-dealkylation sites (tertiary alicyclic amines) is 1. The van der Waals surface area contributed by atoms with Crippen LogP contribution < -0.4 is 11.1 Å². The van der Waals surface area contributed by atoms with Gasteiger partial charge in [-0.25, -0.2) is 0 Å². The van der Waals surface area contributed by atoms with Gasteiger partial charge in [0.25, 0.3) is 0 Å². The first-order chi connectivity index (χ1) is 6.87. The van der Waals surface area contributed by atoms with E-state index in [2.05, 4.69) is 10.2 Å². The number of piperidine rings is 2. The molecular formula is C11H23N3. The molecule has 82 valence electrons. The van der Waals surface area contributed by atoms with E-state index < -0.39 is 0 Å². The van der Waals surface area contributed by atoms with Crippen molar-refractivity contribution in [1.29, 1.82) is 0 Å². The van der Waals surface area contributed by atoms with E-state index in [1.54, 1.807) is 0 Å². The monoisotopic (exact) mass is 197 g/mol. The van der Waals surface area contributed by atoms with Gasteiger partial charge < -0.3 is 11.1 Å². The van der Waals surface area contributed by atoms with Crippen LogP contribution in [0, 0.1) is 0 Å². The number of hydrogen-bond acceptors (Lipinski definition) is 3. The van der Waals surface area contributed by atoms with Crippen molar-refractivity contribution in [2.24, 2.45) is 5.73 Å². The van der Waals surface area contributed by atoms with Crippen molar-refractivity contribution in [1.82, 2.24) is 10.2 Å². The zero-order chi connectivity index (χ0) is 9.86. The predicted octanol–water partition coefficient (Wildman–Crippen LogP) is 0.553. The van der Waals surface area contributed by atoms with E-state index >= 15 is 0 Å². The topological polar surface area (TPSA) is 41.3 Å². The van der Waals surface area contributed by atoms with E-state index in [9.17, 15) is 0 Å². The van der Waals surface area contributed by atoms with E-state index in [0.717, 1.165) is 19.6 Å². The van der Waals surface area contributed by atoms with Gasteiger partial charge in [-0.2, -0.15) is 0 Å². The molecule has 0 aliphatic carbocycles. The smallest absolute Gasteiger partial charge is 0.0355 e. The van der Waals surface area contributed by atoms with Gasteiger partial charge >= 0.3 is 0 Å². The molecule has 0 radical (unpaired) electrons. The molecule has 0 saturated carbocycles. The second-order valence-electron chi connectivity index (χ2n) is 4.73. The Morgan fingerprint density at radius 1 is 1.07 bits per heavy atom. The average molecular weight is 197 g/mol. The molecule has 2 aliphatic rings. The molecule has 2 rings (SSSR count). The summed E-state index contributed by atoms with van der Waals surface area (Å²) in [5, 5.41) is 3.43. The number of rotatable bonds is 2. The highest BCUT2D eigenvalue weighted by molar-refractivity contribution is 4.96. The van der Waals surface area contributed by atoms with E-state index in [4.69, 9.17) is 5.73 Å². The van der Waals surface area contributed by atoms with Gasteiger partial charge in [-0.1, -0.05) is 6.42 Å². The maximum absolute atomic E-state index is 6.00. The third kappa shape index (κ3) is 1.95. The highest BCUT2D eigenvalue weighted by Gasteiger charge is 2.36. The summed E-state index contributed by atoms with van der Waals surface area (Å²) in [5.41, 5.74) is 6.34. The summed E-state index contributed by atoms with van der Waals surface area (Å²) in [7, 11) is 0. The third-order valence-corrected chi connectivity index (χ3v) is 3.94. The van der Waals surface area contributed by atoms with E-state index in [0.29, 0.717) is 5.54 Å². The number of nitrogens with one attached hydrogen (secondary N) is 1. The van der Waals surface area contributed by atoms with Gasteiger partial charge in [0.15, 0.2) is 0 Å². The summed E-state index contributed by atoms with van der Waals surface area (Å²) in [6.45, 7) is 5.68. The maximum Gasteiger partial charge on any atom is 0.0355 e. The van der Waals surface area contributed by atoms with Crippen LogP contribution in [0.5, 0.6) is 0 Å². The average Bonchev–Trinajstić information content (AvgIpc) is 2.31. The fraction of sp³-hybridized carbons (Fsp3) is 1.00. The van der Waals surface area contributed by atoms with E-state index in [-0.39, 0.29) is 0 Å². The van der Waals surface area contributed by atoms with Gasteiger partial charge in [-0.3, -0.25) is 4.90 Å². The molecule has 0 aromatic carbocycles. The van der Waals surface area contributed by atoms with Crippen molar-refractivity contribution in [3.63, 3.8) is 0 Å². The molecule has 2 fully saturated rings. The lowest BCUT2D eigenvalue weighted by Crippen LogP contribution is -2.60. The molecule has 0 unspecified atom stereocenters. The number of nitrogens with zero attached hydrogens (tertiary/aromatic N) is 1. The van der Waals surface area contributed by atoms with Crippen LogP contribution in [0.4, 0.5) is 0 Å². The van der Waals surface area contributed by atoms with Gasteiger partial charge in [0.1, 0.15) is 0 Å². The summed E-state index contributed by atoms with van der Waals surface area (Å²) in [6, 6.07) is 0. The molecule has 2 heterocycles. The Morgan fingerprint density at radius 3 is 2.29 bits per heavy atom. The Hall–Kier alpha value is -0.120. The standard InChI is InChI=1S/C11H23N3/c12-10-11(4-6-13-7-5-11)14-8-2-1-3-9-14/h13H,1-10,12H2. The molecule has 3 N–H and O–H groups in total. The Kier molecular flexibility index (Phi) is 3.42. The molecule has 3 nitrogen and oxygen atoms in total. The van der Waals surface area contributed by atoms with Gasteiger partial charge in [0, 0.05) is 12.1 Å². The van der Waals surface area contributed by atoms with Crippen molar-refractivity contribution < 1.29 is 0 Å². The van der Waals surface area contributed by atoms with E-state index in [1.165, 1.54) is 45.2 Å². The Bertz CT molecular complexity index is 169. The zero-order valence-corrected chi connectivity index (χ0v) is 9.10. The maximum atomic E-state index is 6.00. The summed E-state index contributed by atoms with van der Waals surface area (Å²) >= 11 is 0. The quantitative estimate of drug-likeness (QED) is 0.679. The summed E-state index contributed by atoms with van der Waals surface area (Å²) in [6.07, 6.45) is 6.63. The van der Waals surface area contributed by atoms with Crippen LogP contribution in [-0.2, 0) is 0 Å². The zero-order valence-electron chi connectivity index (χ0n) is 9.10. The van der Waals surface area contributed by atoms with Crippen molar-refractivity contribution >= 4 is 0 Å². The first-order valence-electron chi connectivity index (χ1n) is 6.03. The number of nitrogens with two attached hydrogens (primary N) is 1. The second-order valence-corrected chi connectivity index (χ2v) is 4.73. The summed E-state index contributed by atoms with van der Waals surface area (Å²) < 4.78 is 0. The minimum Gasteiger partial charge on any atom is -0.329 e. The molecule has 0 atom stereocenters. The van der Waals surface area contributed by atoms with Crippen LogP contribution in [0.2, 0.25) is 0 Å². The molecule has 0 spiro atoms. The van der Waals surface area contributed by atoms with Crippen LogP contribution in [-0.4, -0.2) is 43.2 Å². The van der Waals surface area contributed by atoms with Gasteiger partial charge in [-0.05, 0) is 51.9 Å². The minimum absolute atomic E-state index is 0.339. The second kappa shape index (κ2) is 4.60.